The van der Waals surface area contributed by atoms with E-state index in [1.54, 1.807) is 16.6 Å². The maximum absolute atomic E-state index is 13.5. The zero-order valence-corrected chi connectivity index (χ0v) is 18.5. The highest BCUT2D eigenvalue weighted by molar-refractivity contribution is 5.85. The van der Waals surface area contributed by atoms with Crippen LogP contribution in [0, 0.1) is 5.82 Å². The maximum Gasteiger partial charge on any atom is 0.232 e. The number of fused-ring (bicyclic) bond motifs is 1. The number of hydrogen-bond donors (Lipinski definition) is 1. The van der Waals surface area contributed by atoms with Gasteiger partial charge in [-0.2, -0.15) is 0 Å². The Labute approximate surface area is 192 Å². The summed E-state index contributed by atoms with van der Waals surface area (Å²) >= 11 is 0. The van der Waals surface area contributed by atoms with E-state index in [0.717, 1.165) is 42.0 Å². The largest absolute Gasteiger partial charge is 0.469 e. The first-order valence-electron chi connectivity index (χ1n) is 10.4. The summed E-state index contributed by atoms with van der Waals surface area (Å²) in [6.45, 7) is 3.75. The molecule has 2 aromatic heterocycles. The molecule has 0 unspecified atom stereocenters. The van der Waals surface area contributed by atoms with Gasteiger partial charge in [0, 0.05) is 36.4 Å². The quantitative estimate of drug-likeness (QED) is 0.477. The van der Waals surface area contributed by atoms with Crippen LogP contribution >= 0.6 is 12.4 Å². The molecule has 4 aromatic rings. The molecule has 1 saturated heterocycles. The Morgan fingerprint density at radius 2 is 1.94 bits per heavy atom. The lowest BCUT2D eigenvalue weighted by atomic mass is 10.1. The molecule has 5 rings (SSSR count). The summed E-state index contributed by atoms with van der Waals surface area (Å²) in [6.07, 6.45) is 2.50. The first-order chi connectivity index (χ1) is 15.1. The molecular weight excluding hydrogens is 429 g/mol. The first kappa shape index (κ1) is 22.0. The van der Waals surface area contributed by atoms with Crippen LogP contribution in [0.15, 0.2) is 66.9 Å². The number of nitrogens with two attached hydrogens (primary N) is 1. The average molecular weight is 454 g/mol. The highest BCUT2D eigenvalue weighted by Gasteiger charge is 2.19. The molecule has 1 aliphatic heterocycles. The molecule has 2 N–H and O–H groups in total. The van der Waals surface area contributed by atoms with E-state index in [1.165, 1.54) is 17.8 Å². The van der Waals surface area contributed by atoms with Gasteiger partial charge in [-0.15, -0.1) is 17.5 Å². The number of halogens is 2. The molecule has 8 heteroatoms. The number of imidazole rings is 1. The number of ether oxygens (including phenoxy) is 1. The molecular formula is C24H25ClFN5O. The number of benzene rings is 2. The maximum atomic E-state index is 13.5. The number of nitrogens with zero attached hydrogens (tertiary/aromatic N) is 4. The van der Waals surface area contributed by atoms with Crippen molar-refractivity contribution in [3.05, 3.63) is 78.2 Å². The van der Waals surface area contributed by atoms with Gasteiger partial charge in [-0.3, -0.25) is 0 Å². The summed E-state index contributed by atoms with van der Waals surface area (Å²) in [6, 6.07) is 18.7. The summed E-state index contributed by atoms with van der Waals surface area (Å²) in [5, 5.41) is 4.62. The Balaban J connectivity index is 0.00000245. The van der Waals surface area contributed by atoms with E-state index < -0.39 is 0 Å². The Hall–Kier alpha value is -3.16. The molecule has 166 valence electrons. The SMILES string of the molecule is C[C@@H](Oc1ccc2ncc(-c3ccc(N4CC[C@H](N)C4)cc3)n2n1)c1cccc(F)c1.Cl. The molecule has 2 atom stereocenters. The Kier molecular flexibility index (Phi) is 6.30. The predicted octanol–water partition coefficient (Wildman–Crippen LogP) is 4.63. The summed E-state index contributed by atoms with van der Waals surface area (Å²) in [5.41, 5.74) is 10.6. The minimum absolute atomic E-state index is 0. The molecule has 0 radical (unpaired) electrons. The first-order valence-corrected chi connectivity index (χ1v) is 10.4. The van der Waals surface area contributed by atoms with Crippen molar-refractivity contribution in [3.8, 4) is 17.1 Å². The monoisotopic (exact) mass is 453 g/mol. The fourth-order valence-electron chi connectivity index (χ4n) is 3.99. The molecule has 1 aliphatic rings. The second-order valence-corrected chi connectivity index (χ2v) is 7.94. The third kappa shape index (κ3) is 4.40. The predicted molar refractivity (Wildman–Crippen MR) is 126 cm³/mol. The zero-order valence-electron chi connectivity index (χ0n) is 17.7. The number of anilines is 1. The summed E-state index contributed by atoms with van der Waals surface area (Å²) in [7, 11) is 0. The third-order valence-corrected chi connectivity index (χ3v) is 5.71. The van der Waals surface area contributed by atoms with E-state index in [1.807, 2.05) is 25.3 Å². The van der Waals surface area contributed by atoms with Crippen molar-refractivity contribution in [3.63, 3.8) is 0 Å². The number of aromatic nitrogens is 3. The zero-order chi connectivity index (χ0) is 21.4. The van der Waals surface area contributed by atoms with Crippen LogP contribution in [0.4, 0.5) is 10.1 Å². The van der Waals surface area contributed by atoms with Gasteiger partial charge in [0.05, 0.1) is 11.9 Å². The molecule has 1 fully saturated rings. The van der Waals surface area contributed by atoms with Crippen molar-refractivity contribution < 1.29 is 9.13 Å². The topological polar surface area (TPSA) is 68.7 Å². The number of hydrogen-bond acceptors (Lipinski definition) is 5. The van der Waals surface area contributed by atoms with Crippen LogP contribution in [0.1, 0.15) is 25.0 Å². The van der Waals surface area contributed by atoms with Crippen molar-refractivity contribution in [2.45, 2.75) is 25.5 Å². The lowest BCUT2D eigenvalue weighted by molar-refractivity contribution is 0.214. The van der Waals surface area contributed by atoms with Gasteiger partial charge in [0.25, 0.3) is 0 Å². The van der Waals surface area contributed by atoms with E-state index in [0.29, 0.717) is 5.88 Å². The van der Waals surface area contributed by atoms with Crippen LogP contribution in [0.5, 0.6) is 5.88 Å². The Morgan fingerprint density at radius 3 is 2.66 bits per heavy atom. The second kappa shape index (κ2) is 9.14. The number of rotatable bonds is 5. The Morgan fingerprint density at radius 1 is 1.12 bits per heavy atom. The lowest BCUT2D eigenvalue weighted by Gasteiger charge is -2.18. The normalized spacial score (nSPS) is 16.7. The van der Waals surface area contributed by atoms with Gasteiger partial charge < -0.3 is 15.4 Å². The van der Waals surface area contributed by atoms with E-state index in [9.17, 15) is 4.39 Å². The molecule has 2 aromatic carbocycles. The van der Waals surface area contributed by atoms with Crippen LogP contribution in [0.2, 0.25) is 0 Å². The van der Waals surface area contributed by atoms with Gasteiger partial charge in [0.2, 0.25) is 5.88 Å². The van der Waals surface area contributed by atoms with Gasteiger partial charge in [0.1, 0.15) is 11.9 Å². The average Bonchev–Trinajstić information content (AvgIpc) is 3.40. The second-order valence-electron chi connectivity index (χ2n) is 7.94. The molecule has 3 heterocycles. The molecule has 0 saturated carbocycles. The fraction of sp³-hybridized carbons (Fsp3) is 0.250. The minimum atomic E-state index is -0.335. The van der Waals surface area contributed by atoms with Crippen LogP contribution < -0.4 is 15.4 Å². The molecule has 6 nitrogen and oxygen atoms in total. The van der Waals surface area contributed by atoms with Crippen molar-refractivity contribution in [2.24, 2.45) is 5.73 Å². The Bertz CT molecular complexity index is 1210. The summed E-state index contributed by atoms with van der Waals surface area (Å²) < 4.78 is 21.3. The van der Waals surface area contributed by atoms with E-state index >= 15 is 0 Å². The third-order valence-electron chi connectivity index (χ3n) is 5.71. The molecule has 0 bridgehead atoms. The van der Waals surface area contributed by atoms with Crippen LogP contribution in [0.3, 0.4) is 0 Å². The molecule has 32 heavy (non-hydrogen) atoms. The molecule has 0 aliphatic carbocycles. The van der Waals surface area contributed by atoms with Crippen LogP contribution in [0.25, 0.3) is 16.9 Å². The molecule has 0 amide bonds. The standard InChI is InChI=1S/C24H24FN5O.ClH/c1-16(18-3-2-4-19(25)13-18)31-24-10-9-23-27-14-22(30(23)28-24)17-5-7-21(8-6-17)29-12-11-20(26)15-29;/h2-10,13-14,16,20H,11-12,15,26H2,1H3;1H/t16-,20+;/m1./s1. The smallest absolute Gasteiger partial charge is 0.232 e. The summed E-state index contributed by atoms with van der Waals surface area (Å²) in [4.78, 5) is 6.77. The highest BCUT2D eigenvalue weighted by atomic mass is 35.5. The van der Waals surface area contributed by atoms with E-state index in [2.05, 4.69) is 39.2 Å². The van der Waals surface area contributed by atoms with Crippen LogP contribution in [-0.2, 0) is 0 Å². The van der Waals surface area contributed by atoms with Crippen molar-refractivity contribution >= 4 is 23.7 Å². The van der Waals surface area contributed by atoms with Gasteiger partial charge in [-0.25, -0.2) is 13.9 Å². The van der Waals surface area contributed by atoms with E-state index in [-0.39, 0.29) is 30.4 Å². The van der Waals surface area contributed by atoms with Gasteiger partial charge >= 0.3 is 0 Å². The van der Waals surface area contributed by atoms with Gasteiger partial charge in [-0.05, 0) is 49.2 Å². The minimum Gasteiger partial charge on any atom is -0.469 e. The fourth-order valence-corrected chi connectivity index (χ4v) is 3.99. The summed E-state index contributed by atoms with van der Waals surface area (Å²) in [5.74, 6) is 0.166. The lowest BCUT2D eigenvalue weighted by Crippen LogP contribution is -2.26. The van der Waals surface area contributed by atoms with Crippen molar-refractivity contribution in [1.82, 2.24) is 14.6 Å². The van der Waals surface area contributed by atoms with Gasteiger partial charge in [-0.1, -0.05) is 24.3 Å². The van der Waals surface area contributed by atoms with Crippen LogP contribution in [-0.4, -0.2) is 33.7 Å². The van der Waals surface area contributed by atoms with Gasteiger partial charge in [0.15, 0.2) is 5.65 Å². The van der Waals surface area contributed by atoms with E-state index in [4.69, 9.17) is 10.5 Å². The molecule has 0 spiro atoms. The van der Waals surface area contributed by atoms with Crippen molar-refractivity contribution in [1.29, 1.82) is 0 Å². The van der Waals surface area contributed by atoms with Crippen molar-refractivity contribution in [2.75, 3.05) is 18.0 Å². The highest BCUT2D eigenvalue weighted by Crippen LogP contribution is 2.27.